The van der Waals surface area contributed by atoms with E-state index in [-0.39, 0.29) is 36.2 Å². The van der Waals surface area contributed by atoms with Crippen molar-refractivity contribution in [2.75, 3.05) is 26.8 Å². The predicted molar refractivity (Wildman–Crippen MR) is 73.3 cm³/mol. The largest absolute Gasteiger partial charge is 0.469 e. The zero-order chi connectivity index (χ0) is 15.6. The number of sulfonamides is 1. The lowest BCUT2D eigenvalue weighted by Crippen LogP contribution is -2.46. The van der Waals surface area contributed by atoms with Gasteiger partial charge in [0.2, 0.25) is 0 Å². The van der Waals surface area contributed by atoms with Crippen molar-refractivity contribution >= 4 is 27.6 Å². The van der Waals surface area contributed by atoms with E-state index in [2.05, 4.69) is 9.84 Å². The average molecular weight is 338 g/mol. The van der Waals surface area contributed by atoms with Gasteiger partial charge in [0.25, 0.3) is 10.0 Å². The lowest BCUT2D eigenvalue weighted by molar-refractivity contribution is -0.145. The summed E-state index contributed by atoms with van der Waals surface area (Å²) < 4.78 is 37.6. The molecule has 1 atom stereocenters. The van der Waals surface area contributed by atoms with Gasteiger partial charge in [-0.2, -0.15) is 9.40 Å². The fraction of sp³-hybridized carbons (Fsp3) is 0.636. The molecule has 0 radical (unpaired) electrons. The molecule has 2 heterocycles. The van der Waals surface area contributed by atoms with Crippen LogP contribution in [-0.2, 0) is 31.3 Å². The van der Waals surface area contributed by atoms with E-state index >= 15 is 0 Å². The maximum Gasteiger partial charge on any atom is 0.308 e. The van der Waals surface area contributed by atoms with E-state index in [0.29, 0.717) is 0 Å². The topological polar surface area (TPSA) is 90.7 Å². The highest BCUT2D eigenvalue weighted by Gasteiger charge is 2.35. The Balaban J connectivity index is 2.19. The Morgan fingerprint density at radius 2 is 2.33 bits per heavy atom. The number of nitrogens with zero attached hydrogens (tertiary/aromatic N) is 3. The van der Waals surface area contributed by atoms with Gasteiger partial charge in [0.1, 0.15) is 0 Å². The van der Waals surface area contributed by atoms with E-state index in [1.165, 1.54) is 29.3 Å². The molecule has 0 N–H and O–H groups in total. The Hall–Kier alpha value is -1.16. The Labute approximate surface area is 127 Å². The lowest BCUT2D eigenvalue weighted by Gasteiger charge is -2.31. The second kappa shape index (κ2) is 6.30. The summed E-state index contributed by atoms with van der Waals surface area (Å²) in [7, 11) is -1.01. The third kappa shape index (κ3) is 3.37. The molecule has 0 amide bonds. The van der Waals surface area contributed by atoms with Gasteiger partial charge >= 0.3 is 5.97 Å². The van der Waals surface area contributed by atoms with Crippen LogP contribution >= 0.6 is 11.6 Å². The van der Waals surface area contributed by atoms with Crippen molar-refractivity contribution in [1.29, 1.82) is 0 Å². The molecule has 118 valence electrons. The molecule has 0 aliphatic carbocycles. The minimum absolute atomic E-state index is 0.00163. The van der Waals surface area contributed by atoms with Crippen LogP contribution in [0.25, 0.3) is 0 Å². The monoisotopic (exact) mass is 337 g/mol. The molecular formula is C11H16ClN3O5S. The van der Waals surface area contributed by atoms with Crippen molar-refractivity contribution in [2.24, 2.45) is 7.05 Å². The van der Waals surface area contributed by atoms with Gasteiger partial charge in [0, 0.05) is 20.1 Å². The summed E-state index contributed by atoms with van der Waals surface area (Å²) in [6.07, 6.45) is 0.746. The van der Waals surface area contributed by atoms with Gasteiger partial charge in [-0.05, 0) is 0 Å². The maximum atomic E-state index is 12.6. The van der Waals surface area contributed by atoms with Crippen molar-refractivity contribution in [2.45, 2.75) is 17.6 Å². The number of rotatable bonds is 4. The molecule has 1 aromatic rings. The number of aryl methyl sites for hydroxylation is 1. The van der Waals surface area contributed by atoms with Crippen LogP contribution in [0.4, 0.5) is 0 Å². The summed E-state index contributed by atoms with van der Waals surface area (Å²) >= 11 is 5.90. The molecule has 21 heavy (non-hydrogen) atoms. The van der Waals surface area contributed by atoms with Gasteiger partial charge in [-0.1, -0.05) is 11.6 Å². The first-order valence-corrected chi connectivity index (χ1v) is 8.04. The van der Waals surface area contributed by atoms with Crippen LogP contribution in [0.15, 0.2) is 11.2 Å². The minimum atomic E-state index is -3.79. The molecular weight excluding hydrogens is 322 g/mol. The number of halogens is 1. The van der Waals surface area contributed by atoms with Crippen molar-refractivity contribution in [3.05, 3.63) is 11.2 Å². The molecule has 1 unspecified atom stereocenters. The lowest BCUT2D eigenvalue weighted by atomic mass is 10.2. The second-order valence-corrected chi connectivity index (χ2v) is 6.82. The van der Waals surface area contributed by atoms with E-state index in [4.69, 9.17) is 16.3 Å². The first-order valence-electron chi connectivity index (χ1n) is 6.22. The number of methoxy groups -OCH3 is 1. The summed E-state index contributed by atoms with van der Waals surface area (Å²) in [6.45, 7) is 0.469. The van der Waals surface area contributed by atoms with Crippen molar-refractivity contribution < 1.29 is 22.7 Å². The average Bonchev–Trinajstić information content (AvgIpc) is 2.78. The van der Waals surface area contributed by atoms with Gasteiger partial charge in [0.05, 0.1) is 37.5 Å². The van der Waals surface area contributed by atoms with E-state index < -0.39 is 22.1 Å². The predicted octanol–water partition coefficient (Wildman–Crippen LogP) is 0.0261. The fourth-order valence-electron chi connectivity index (χ4n) is 2.12. The smallest absolute Gasteiger partial charge is 0.308 e. The van der Waals surface area contributed by atoms with Crippen LogP contribution < -0.4 is 0 Å². The Bertz CT molecular complexity index is 610. The minimum Gasteiger partial charge on any atom is -0.469 e. The van der Waals surface area contributed by atoms with Crippen molar-refractivity contribution in [3.63, 3.8) is 0 Å². The molecule has 0 bridgehead atoms. The number of hydrogen-bond acceptors (Lipinski definition) is 6. The summed E-state index contributed by atoms with van der Waals surface area (Å²) in [5.74, 6) is -0.446. The molecule has 8 nitrogen and oxygen atoms in total. The van der Waals surface area contributed by atoms with Gasteiger partial charge in [-0.3, -0.25) is 9.48 Å². The Morgan fingerprint density at radius 3 is 2.90 bits per heavy atom. The molecule has 1 fully saturated rings. The second-order valence-electron chi connectivity index (χ2n) is 4.56. The number of hydrogen-bond donors (Lipinski definition) is 0. The normalized spacial score (nSPS) is 20.4. The van der Waals surface area contributed by atoms with Crippen LogP contribution in [0, 0.1) is 0 Å². The number of esters is 1. The summed E-state index contributed by atoms with van der Waals surface area (Å²) in [4.78, 5) is 11.3. The van der Waals surface area contributed by atoms with E-state index in [0.717, 1.165) is 0 Å². The Kier molecular flexibility index (Phi) is 4.87. The van der Waals surface area contributed by atoms with Crippen LogP contribution in [0.1, 0.15) is 6.42 Å². The quantitative estimate of drug-likeness (QED) is 0.720. The molecule has 1 aromatic heterocycles. The summed E-state index contributed by atoms with van der Waals surface area (Å²) in [5, 5.41) is 3.83. The first-order chi connectivity index (χ1) is 9.86. The molecule has 1 aliphatic heterocycles. The molecule has 2 rings (SSSR count). The highest BCUT2D eigenvalue weighted by Crippen LogP contribution is 2.25. The van der Waals surface area contributed by atoms with Gasteiger partial charge in [-0.25, -0.2) is 8.42 Å². The number of carbonyl (C=O) groups is 1. The maximum absolute atomic E-state index is 12.6. The number of aromatic nitrogens is 2. The first kappa shape index (κ1) is 16.2. The highest BCUT2D eigenvalue weighted by molar-refractivity contribution is 7.89. The molecule has 0 saturated carbocycles. The van der Waals surface area contributed by atoms with Crippen LogP contribution in [-0.4, -0.2) is 61.4 Å². The fourth-order valence-corrected chi connectivity index (χ4v) is 4.18. The third-order valence-electron chi connectivity index (χ3n) is 3.15. The molecule has 0 aromatic carbocycles. The molecule has 0 spiro atoms. The number of morpholine rings is 1. The highest BCUT2D eigenvalue weighted by atomic mass is 35.5. The van der Waals surface area contributed by atoms with E-state index in [1.54, 1.807) is 0 Å². The standard InChI is InChI=1S/C11H16ClN3O5S/c1-14-11(9(12)6-13-14)21(17,18)15-3-4-20-8(7-15)5-10(16)19-2/h6,8H,3-5,7H2,1-2H3. The van der Waals surface area contributed by atoms with Crippen LogP contribution in [0.5, 0.6) is 0 Å². The third-order valence-corrected chi connectivity index (χ3v) is 5.52. The van der Waals surface area contributed by atoms with E-state index in [9.17, 15) is 13.2 Å². The zero-order valence-corrected chi connectivity index (χ0v) is 13.2. The van der Waals surface area contributed by atoms with Crippen LogP contribution in [0.3, 0.4) is 0 Å². The molecule has 1 aliphatic rings. The zero-order valence-electron chi connectivity index (χ0n) is 11.7. The number of carbonyl (C=O) groups excluding carboxylic acids is 1. The van der Waals surface area contributed by atoms with Crippen LogP contribution in [0.2, 0.25) is 5.02 Å². The summed E-state index contributed by atoms with van der Waals surface area (Å²) in [6, 6.07) is 0. The SMILES string of the molecule is COC(=O)CC1CN(S(=O)(=O)c2c(Cl)cnn2C)CCO1. The van der Waals surface area contributed by atoms with Gasteiger partial charge in [-0.15, -0.1) is 0 Å². The van der Waals surface area contributed by atoms with Gasteiger partial charge < -0.3 is 9.47 Å². The summed E-state index contributed by atoms with van der Waals surface area (Å²) in [5.41, 5.74) is 0. The molecule has 1 saturated heterocycles. The van der Waals surface area contributed by atoms with E-state index in [1.807, 2.05) is 0 Å². The molecule has 10 heteroatoms. The Morgan fingerprint density at radius 1 is 1.62 bits per heavy atom. The van der Waals surface area contributed by atoms with Gasteiger partial charge in [0.15, 0.2) is 5.03 Å². The number of ether oxygens (including phenoxy) is 2. The van der Waals surface area contributed by atoms with Crippen molar-refractivity contribution in [3.8, 4) is 0 Å². The van der Waals surface area contributed by atoms with Crippen molar-refractivity contribution in [1.82, 2.24) is 14.1 Å².